The zero-order valence-corrected chi connectivity index (χ0v) is 11.8. The molecule has 3 nitrogen and oxygen atoms in total. The average molecular weight is 266 g/mol. The summed E-state index contributed by atoms with van der Waals surface area (Å²) in [6, 6.07) is 5.79. The van der Waals surface area contributed by atoms with Crippen molar-refractivity contribution in [3.05, 3.63) is 35.1 Å². The second-order valence-electron chi connectivity index (χ2n) is 5.32. The first-order chi connectivity index (χ1) is 9.15. The summed E-state index contributed by atoms with van der Waals surface area (Å²) in [5, 5.41) is 3.45. The molecule has 19 heavy (non-hydrogen) atoms. The van der Waals surface area contributed by atoms with Crippen LogP contribution in [0.1, 0.15) is 11.1 Å². The molecule has 1 aliphatic rings. The van der Waals surface area contributed by atoms with Crippen molar-refractivity contribution >= 4 is 0 Å². The van der Waals surface area contributed by atoms with Crippen molar-refractivity contribution in [1.82, 2.24) is 10.2 Å². The minimum absolute atomic E-state index is 0.124. The van der Waals surface area contributed by atoms with Crippen molar-refractivity contribution in [2.45, 2.75) is 19.4 Å². The molecule has 0 aromatic heterocycles. The van der Waals surface area contributed by atoms with Gasteiger partial charge in [-0.3, -0.25) is 0 Å². The lowest BCUT2D eigenvalue weighted by molar-refractivity contribution is 0.0655. The molecule has 0 radical (unpaired) electrons. The van der Waals surface area contributed by atoms with E-state index in [9.17, 15) is 4.39 Å². The van der Waals surface area contributed by atoms with E-state index >= 15 is 0 Å². The molecule has 1 aromatic rings. The Balaban J connectivity index is 1.75. The number of rotatable bonds is 5. The van der Waals surface area contributed by atoms with Gasteiger partial charge in [-0.25, -0.2) is 4.39 Å². The Kier molecular flexibility index (Phi) is 5.31. The molecule has 4 heteroatoms. The van der Waals surface area contributed by atoms with Crippen LogP contribution in [0.15, 0.2) is 18.2 Å². The van der Waals surface area contributed by atoms with Gasteiger partial charge < -0.3 is 15.0 Å². The molecule has 1 unspecified atom stereocenters. The summed E-state index contributed by atoms with van der Waals surface area (Å²) in [4.78, 5) is 2.30. The van der Waals surface area contributed by atoms with Crippen LogP contribution in [-0.4, -0.2) is 50.8 Å². The van der Waals surface area contributed by atoms with E-state index < -0.39 is 0 Å². The van der Waals surface area contributed by atoms with E-state index in [-0.39, 0.29) is 5.82 Å². The van der Waals surface area contributed by atoms with Crippen LogP contribution in [0.4, 0.5) is 4.39 Å². The normalized spacial score (nSPS) is 19.9. The number of likely N-dealkylation sites (N-methyl/N-ethyl adjacent to an activating group) is 1. The fourth-order valence-corrected chi connectivity index (χ4v) is 2.39. The Morgan fingerprint density at radius 3 is 3.00 bits per heavy atom. The molecule has 106 valence electrons. The number of hydrogen-bond acceptors (Lipinski definition) is 3. The van der Waals surface area contributed by atoms with Crippen molar-refractivity contribution in [2.75, 3.05) is 39.9 Å². The van der Waals surface area contributed by atoms with Gasteiger partial charge in [0.1, 0.15) is 5.82 Å². The summed E-state index contributed by atoms with van der Waals surface area (Å²) in [5.41, 5.74) is 1.92. The van der Waals surface area contributed by atoms with Gasteiger partial charge in [0.2, 0.25) is 0 Å². The van der Waals surface area contributed by atoms with Gasteiger partial charge in [-0.15, -0.1) is 0 Å². The van der Waals surface area contributed by atoms with Crippen LogP contribution in [0.5, 0.6) is 0 Å². The maximum Gasteiger partial charge on any atom is 0.126 e. The quantitative estimate of drug-likeness (QED) is 0.876. The van der Waals surface area contributed by atoms with Crippen molar-refractivity contribution < 1.29 is 9.13 Å². The zero-order chi connectivity index (χ0) is 13.7. The standard InChI is InChI=1S/C15H23FN2O/c1-12-9-13(3-4-15(12)16)5-7-18(2)10-14-11-19-8-6-17-14/h3-4,9,14,17H,5-8,10-11H2,1-2H3. The molecule has 1 heterocycles. The molecule has 1 fully saturated rings. The number of morpholine rings is 1. The van der Waals surface area contributed by atoms with E-state index in [1.807, 2.05) is 19.1 Å². The molecule has 0 spiro atoms. The van der Waals surface area contributed by atoms with Gasteiger partial charge >= 0.3 is 0 Å². The molecule has 0 saturated carbocycles. The van der Waals surface area contributed by atoms with Crippen molar-refractivity contribution in [3.8, 4) is 0 Å². The molecular weight excluding hydrogens is 243 g/mol. The minimum atomic E-state index is -0.124. The highest BCUT2D eigenvalue weighted by atomic mass is 19.1. The third-order valence-corrected chi connectivity index (χ3v) is 3.54. The van der Waals surface area contributed by atoms with E-state index in [2.05, 4.69) is 17.3 Å². The third-order valence-electron chi connectivity index (χ3n) is 3.54. The smallest absolute Gasteiger partial charge is 0.126 e. The third kappa shape index (κ3) is 4.56. The van der Waals surface area contributed by atoms with Crippen LogP contribution in [0.2, 0.25) is 0 Å². The predicted octanol–water partition coefficient (Wildman–Crippen LogP) is 1.60. The maximum absolute atomic E-state index is 13.2. The van der Waals surface area contributed by atoms with Crippen LogP contribution >= 0.6 is 0 Å². The Labute approximate surface area is 114 Å². The Hall–Kier alpha value is -0.970. The molecular formula is C15H23FN2O. The molecule has 1 aliphatic heterocycles. The van der Waals surface area contributed by atoms with Gasteiger partial charge in [0.25, 0.3) is 0 Å². The summed E-state index contributed by atoms with van der Waals surface area (Å²) in [7, 11) is 2.12. The van der Waals surface area contributed by atoms with Crippen LogP contribution in [-0.2, 0) is 11.2 Å². The molecule has 2 rings (SSSR count). The van der Waals surface area contributed by atoms with Gasteiger partial charge in [0.15, 0.2) is 0 Å². The molecule has 1 N–H and O–H groups in total. The first-order valence-corrected chi connectivity index (χ1v) is 6.90. The minimum Gasteiger partial charge on any atom is -0.378 e. The molecule has 1 saturated heterocycles. The van der Waals surface area contributed by atoms with E-state index in [0.29, 0.717) is 6.04 Å². The molecule has 0 bridgehead atoms. The molecule has 1 atom stereocenters. The van der Waals surface area contributed by atoms with Crippen molar-refractivity contribution in [2.24, 2.45) is 0 Å². The SMILES string of the molecule is Cc1cc(CCN(C)CC2COCCN2)ccc1F. The highest BCUT2D eigenvalue weighted by Crippen LogP contribution is 2.10. The first-order valence-electron chi connectivity index (χ1n) is 6.90. The summed E-state index contributed by atoms with van der Waals surface area (Å²) in [6.07, 6.45) is 0.950. The van der Waals surface area contributed by atoms with Gasteiger partial charge in [-0.05, 0) is 37.6 Å². The fraction of sp³-hybridized carbons (Fsp3) is 0.600. The van der Waals surface area contributed by atoms with Crippen LogP contribution in [0, 0.1) is 12.7 Å². The number of nitrogens with one attached hydrogen (secondary N) is 1. The van der Waals surface area contributed by atoms with Gasteiger partial charge in [-0.1, -0.05) is 12.1 Å². The van der Waals surface area contributed by atoms with Gasteiger partial charge in [0.05, 0.1) is 13.2 Å². The highest BCUT2D eigenvalue weighted by molar-refractivity contribution is 5.24. The number of benzene rings is 1. The van der Waals surface area contributed by atoms with E-state index in [1.54, 1.807) is 6.07 Å². The van der Waals surface area contributed by atoms with Crippen molar-refractivity contribution in [3.63, 3.8) is 0 Å². The van der Waals surface area contributed by atoms with Gasteiger partial charge in [0, 0.05) is 25.7 Å². The Morgan fingerprint density at radius 2 is 2.32 bits per heavy atom. The fourth-order valence-electron chi connectivity index (χ4n) is 2.39. The van der Waals surface area contributed by atoms with E-state index in [0.717, 1.165) is 44.8 Å². The zero-order valence-electron chi connectivity index (χ0n) is 11.8. The summed E-state index contributed by atoms with van der Waals surface area (Å²) < 4.78 is 18.6. The lowest BCUT2D eigenvalue weighted by atomic mass is 10.1. The van der Waals surface area contributed by atoms with Gasteiger partial charge in [-0.2, -0.15) is 0 Å². The predicted molar refractivity (Wildman–Crippen MR) is 74.9 cm³/mol. The summed E-state index contributed by atoms with van der Waals surface area (Å²) in [6.45, 7) is 6.32. The van der Waals surface area contributed by atoms with Crippen LogP contribution in [0.25, 0.3) is 0 Å². The van der Waals surface area contributed by atoms with Crippen molar-refractivity contribution in [1.29, 1.82) is 0 Å². The molecule has 0 amide bonds. The average Bonchev–Trinajstić information content (AvgIpc) is 2.41. The Bertz CT molecular complexity index is 405. The van der Waals surface area contributed by atoms with E-state index in [1.165, 1.54) is 5.56 Å². The summed E-state index contributed by atoms with van der Waals surface area (Å²) >= 11 is 0. The number of halogens is 1. The van der Waals surface area contributed by atoms with E-state index in [4.69, 9.17) is 4.74 Å². The molecule has 1 aromatic carbocycles. The maximum atomic E-state index is 13.2. The van der Waals surface area contributed by atoms with Crippen LogP contribution < -0.4 is 5.32 Å². The lowest BCUT2D eigenvalue weighted by Crippen LogP contribution is -2.47. The Morgan fingerprint density at radius 1 is 1.47 bits per heavy atom. The second-order valence-corrected chi connectivity index (χ2v) is 5.32. The lowest BCUT2D eigenvalue weighted by Gasteiger charge is -2.28. The summed E-state index contributed by atoms with van der Waals surface area (Å²) in [5.74, 6) is -0.124. The highest BCUT2D eigenvalue weighted by Gasteiger charge is 2.14. The number of ether oxygens (including phenoxy) is 1. The number of nitrogens with zero attached hydrogens (tertiary/aromatic N) is 1. The molecule has 0 aliphatic carbocycles. The number of aryl methyl sites for hydroxylation is 1. The monoisotopic (exact) mass is 266 g/mol. The van der Waals surface area contributed by atoms with Crippen LogP contribution in [0.3, 0.4) is 0 Å². The second kappa shape index (κ2) is 6.98. The topological polar surface area (TPSA) is 24.5 Å². The number of hydrogen-bond donors (Lipinski definition) is 1. The largest absolute Gasteiger partial charge is 0.378 e. The first kappa shape index (κ1) is 14.4.